The van der Waals surface area contributed by atoms with Crippen LogP contribution in [0, 0.1) is 5.82 Å². The molecule has 1 saturated heterocycles. The molecule has 1 atom stereocenters. The molecule has 0 saturated carbocycles. The van der Waals surface area contributed by atoms with Crippen molar-refractivity contribution in [2.45, 2.75) is 25.4 Å². The van der Waals surface area contributed by atoms with Crippen molar-refractivity contribution in [2.75, 3.05) is 18.5 Å². The van der Waals surface area contributed by atoms with Crippen LogP contribution in [-0.2, 0) is 4.74 Å². The van der Waals surface area contributed by atoms with Crippen molar-refractivity contribution < 1.29 is 9.13 Å². The summed E-state index contributed by atoms with van der Waals surface area (Å²) in [6, 6.07) is 4.72. The van der Waals surface area contributed by atoms with Crippen LogP contribution in [0.5, 0.6) is 0 Å². The summed E-state index contributed by atoms with van der Waals surface area (Å²) in [6.07, 6.45) is 2.05. The zero-order chi connectivity index (χ0) is 13.2. The Morgan fingerprint density at radius 3 is 2.94 bits per heavy atom. The summed E-state index contributed by atoms with van der Waals surface area (Å²) in [5.41, 5.74) is 6.24. The first-order valence-corrected chi connectivity index (χ1v) is 6.38. The van der Waals surface area contributed by atoms with Gasteiger partial charge in [-0.3, -0.25) is 0 Å². The Kier molecular flexibility index (Phi) is 3.82. The Labute approximate surface area is 112 Å². The molecule has 5 heteroatoms. The second-order valence-corrected chi connectivity index (χ2v) is 5.25. The molecule has 0 aromatic heterocycles. The van der Waals surface area contributed by atoms with Gasteiger partial charge < -0.3 is 15.8 Å². The van der Waals surface area contributed by atoms with Gasteiger partial charge in [0.1, 0.15) is 10.8 Å². The first kappa shape index (κ1) is 13.2. The highest BCUT2D eigenvalue weighted by Gasteiger charge is 2.29. The van der Waals surface area contributed by atoms with E-state index in [2.05, 4.69) is 5.32 Å². The van der Waals surface area contributed by atoms with E-state index in [1.165, 1.54) is 6.07 Å². The Hall–Kier alpha value is -1.20. The van der Waals surface area contributed by atoms with Crippen molar-refractivity contribution in [3.05, 3.63) is 29.6 Å². The van der Waals surface area contributed by atoms with Crippen molar-refractivity contribution >= 4 is 22.9 Å². The first-order valence-electron chi connectivity index (χ1n) is 5.97. The summed E-state index contributed by atoms with van der Waals surface area (Å²) >= 11 is 4.81. The molecule has 1 unspecified atom stereocenters. The molecule has 1 fully saturated rings. The number of hydrogen-bond donors (Lipinski definition) is 2. The van der Waals surface area contributed by atoms with Crippen LogP contribution in [0.4, 0.5) is 10.1 Å². The van der Waals surface area contributed by atoms with Gasteiger partial charge in [0.05, 0.1) is 11.3 Å². The Bertz CT molecular complexity index is 458. The van der Waals surface area contributed by atoms with Gasteiger partial charge in [-0.2, -0.15) is 0 Å². The predicted molar refractivity (Wildman–Crippen MR) is 74.4 cm³/mol. The molecule has 0 aliphatic carbocycles. The van der Waals surface area contributed by atoms with E-state index in [0.29, 0.717) is 17.8 Å². The van der Waals surface area contributed by atoms with E-state index < -0.39 is 0 Å². The lowest BCUT2D eigenvalue weighted by Crippen LogP contribution is -2.32. The van der Waals surface area contributed by atoms with Crippen LogP contribution in [0.25, 0.3) is 0 Å². The SMILES string of the molecule is CC1(CNc2ccc(C(N)=S)cc2F)CCCO1. The fourth-order valence-electron chi connectivity index (χ4n) is 2.07. The zero-order valence-electron chi connectivity index (χ0n) is 10.3. The maximum Gasteiger partial charge on any atom is 0.146 e. The molecule has 1 aliphatic rings. The lowest BCUT2D eigenvalue weighted by Gasteiger charge is -2.24. The summed E-state index contributed by atoms with van der Waals surface area (Å²) in [5.74, 6) is -0.345. The van der Waals surface area contributed by atoms with Crippen LogP contribution in [0.3, 0.4) is 0 Å². The van der Waals surface area contributed by atoms with Crippen LogP contribution in [0.1, 0.15) is 25.3 Å². The number of halogens is 1. The summed E-state index contributed by atoms with van der Waals surface area (Å²) < 4.78 is 19.4. The minimum absolute atomic E-state index is 0.200. The van der Waals surface area contributed by atoms with Crippen molar-refractivity contribution in [1.29, 1.82) is 0 Å². The van der Waals surface area contributed by atoms with Crippen LogP contribution in [0.15, 0.2) is 18.2 Å². The number of anilines is 1. The van der Waals surface area contributed by atoms with Gasteiger partial charge in [-0.15, -0.1) is 0 Å². The predicted octanol–water partition coefficient (Wildman–Crippen LogP) is 2.44. The second kappa shape index (κ2) is 5.20. The van der Waals surface area contributed by atoms with Gasteiger partial charge in [0, 0.05) is 18.7 Å². The lowest BCUT2D eigenvalue weighted by atomic mass is 10.0. The molecular formula is C13H17FN2OS. The smallest absolute Gasteiger partial charge is 0.146 e. The Morgan fingerprint density at radius 2 is 2.39 bits per heavy atom. The summed E-state index contributed by atoms with van der Waals surface area (Å²) in [7, 11) is 0. The highest BCUT2D eigenvalue weighted by molar-refractivity contribution is 7.80. The molecule has 0 spiro atoms. The maximum atomic E-state index is 13.8. The third-order valence-corrected chi connectivity index (χ3v) is 3.44. The standard InChI is InChI=1S/C13H17FN2OS/c1-13(5-2-6-17-13)8-16-11-4-3-9(12(15)18)7-10(11)14/h3-4,7,16H,2,5-6,8H2,1H3,(H2,15,18). The van der Waals surface area contributed by atoms with Gasteiger partial charge in [0.25, 0.3) is 0 Å². The van der Waals surface area contributed by atoms with E-state index in [-0.39, 0.29) is 16.4 Å². The van der Waals surface area contributed by atoms with Crippen molar-refractivity contribution in [1.82, 2.24) is 0 Å². The number of nitrogens with one attached hydrogen (secondary N) is 1. The van der Waals surface area contributed by atoms with E-state index in [1.54, 1.807) is 12.1 Å². The third-order valence-electron chi connectivity index (χ3n) is 3.21. The molecule has 18 heavy (non-hydrogen) atoms. The molecule has 0 radical (unpaired) electrons. The zero-order valence-corrected chi connectivity index (χ0v) is 11.1. The van der Waals surface area contributed by atoms with Crippen LogP contribution >= 0.6 is 12.2 Å². The van der Waals surface area contributed by atoms with Crippen LogP contribution in [0.2, 0.25) is 0 Å². The lowest BCUT2D eigenvalue weighted by molar-refractivity contribution is 0.0315. The number of hydrogen-bond acceptors (Lipinski definition) is 3. The maximum absolute atomic E-state index is 13.8. The van der Waals surface area contributed by atoms with E-state index in [0.717, 1.165) is 19.4 Å². The Morgan fingerprint density at radius 1 is 1.61 bits per heavy atom. The fourth-order valence-corrected chi connectivity index (χ4v) is 2.20. The third kappa shape index (κ3) is 2.97. The normalized spacial score (nSPS) is 23.0. The number of nitrogens with two attached hydrogens (primary N) is 1. The molecule has 1 heterocycles. The highest BCUT2D eigenvalue weighted by atomic mass is 32.1. The summed E-state index contributed by atoms with van der Waals surface area (Å²) in [6.45, 7) is 3.41. The minimum atomic E-state index is -0.345. The molecule has 1 aromatic rings. The van der Waals surface area contributed by atoms with Gasteiger partial charge in [-0.1, -0.05) is 12.2 Å². The molecule has 1 aromatic carbocycles. The average molecular weight is 268 g/mol. The fraction of sp³-hybridized carbons (Fsp3) is 0.462. The molecule has 98 valence electrons. The van der Waals surface area contributed by atoms with Gasteiger partial charge >= 0.3 is 0 Å². The first-order chi connectivity index (χ1) is 8.50. The molecule has 0 bridgehead atoms. The Balaban J connectivity index is 2.03. The van der Waals surface area contributed by atoms with E-state index in [1.807, 2.05) is 6.92 Å². The van der Waals surface area contributed by atoms with Gasteiger partial charge in [-0.25, -0.2) is 4.39 Å². The van der Waals surface area contributed by atoms with Gasteiger partial charge in [0.15, 0.2) is 0 Å². The molecule has 0 amide bonds. The monoisotopic (exact) mass is 268 g/mol. The number of rotatable bonds is 4. The van der Waals surface area contributed by atoms with E-state index in [9.17, 15) is 4.39 Å². The van der Waals surface area contributed by atoms with E-state index in [4.69, 9.17) is 22.7 Å². The van der Waals surface area contributed by atoms with E-state index >= 15 is 0 Å². The average Bonchev–Trinajstić information content (AvgIpc) is 2.75. The quantitative estimate of drug-likeness (QED) is 0.823. The van der Waals surface area contributed by atoms with Crippen molar-refractivity contribution in [3.63, 3.8) is 0 Å². The number of ether oxygens (including phenoxy) is 1. The molecular weight excluding hydrogens is 251 g/mol. The highest BCUT2D eigenvalue weighted by Crippen LogP contribution is 2.26. The molecule has 3 nitrogen and oxygen atoms in total. The number of thiocarbonyl (C=S) groups is 1. The topological polar surface area (TPSA) is 47.3 Å². The summed E-state index contributed by atoms with van der Waals surface area (Å²) in [4.78, 5) is 0.200. The van der Waals surface area contributed by atoms with Crippen molar-refractivity contribution in [3.8, 4) is 0 Å². The molecule has 3 N–H and O–H groups in total. The minimum Gasteiger partial charge on any atom is -0.389 e. The summed E-state index contributed by atoms with van der Waals surface area (Å²) in [5, 5.41) is 3.08. The van der Waals surface area contributed by atoms with Gasteiger partial charge in [-0.05, 0) is 38.0 Å². The second-order valence-electron chi connectivity index (χ2n) is 4.81. The molecule has 2 rings (SSSR count). The van der Waals surface area contributed by atoms with Crippen LogP contribution < -0.4 is 11.1 Å². The molecule has 1 aliphatic heterocycles. The van der Waals surface area contributed by atoms with Crippen LogP contribution in [-0.4, -0.2) is 23.7 Å². The van der Waals surface area contributed by atoms with Crippen molar-refractivity contribution in [2.24, 2.45) is 5.73 Å². The van der Waals surface area contributed by atoms with Gasteiger partial charge in [0.2, 0.25) is 0 Å². The number of benzene rings is 1. The largest absolute Gasteiger partial charge is 0.389 e.